The Morgan fingerprint density at radius 3 is 1.67 bits per heavy atom. The highest BCUT2D eigenvalue weighted by atomic mass is 16.4. The van der Waals surface area contributed by atoms with E-state index in [0.717, 1.165) is 12.8 Å². The van der Waals surface area contributed by atoms with Crippen molar-refractivity contribution in [2.24, 2.45) is 0 Å². The van der Waals surface area contributed by atoms with Crippen LogP contribution in [0.25, 0.3) is 0 Å². The Morgan fingerprint density at radius 1 is 0.867 bits per heavy atom. The minimum absolute atomic E-state index is 0. The smallest absolute Gasteiger partial charge is 0.303 e. The van der Waals surface area contributed by atoms with Crippen LogP contribution in [-0.2, 0) is 4.79 Å². The van der Waals surface area contributed by atoms with Gasteiger partial charge in [-0.1, -0.05) is 58.3 Å². The Kier molecular flexibility index (Phi) is 15.1. The molecule has 3 nitrogen and oxygen atoms in total. The van der Waals surface area contributed by atoms with Crippen LogP contribution in [0.2, 0.25) is 0 Å². The number of unbranched alkanes of at least 4 members (excludes halogenated alkanes) is 8. The van der Waals surface area contributed by atoms with Crippen LogP contribution in [0.1, 0.15) is 71.1 Å². The molecule has 0 saturated carbocycles. The maximum Gasteiger partial charge on any atom is 0.303 e. The maximum absolute atomic E-state index is 10.2. The molecule has 0 atom stereocenters. The average Bonchev–Trinajstić information content (AvgIpc) is 2.15. The predicted molar refractivity (Wildman–Crippen MR) is 65.5 cm³/mol. The fourth-order valence-electron chi connectivity index (χ4n) is 1.59. The van der Waals surface area contributed by atoms with Crippen molar-refractivity contribution < 1.29 is 9.90 Å². The first-order valence-electron chi connectivity index (χ1n) is 5.99. The number of aliphatic carboxylic acids is 1. The Hall–Kier alpha value is -0.570. The number of rotatable bonds is 10. The van der Waals surface area contributed by atoms with Crippen molar-refractivity contribution in [3.8, 4) is 0 Å². The monoisotopic (exact) mass is 218 g/mol. The third-order valence-corrected chi connectivity index (χ3v) is 2.49. The van der Waals surface area contributed by atoms with E-state index in [1.807, 2.05) is 0 Å². The average molecular weight is 218 g/mol. The lowest BCUT2D eigenvalue weighted by molar-refractivity contribution is -0.137. The molecule has 15 heavy (non-hydrogen) atoms. The molecule has 0 fully saturated rings. The molecule has 0 aliphatic rings. The quantitative estimate of drug-likeness (QED) is 0.534. The zero-order valence-electron chi connectivity index (χ0n) is 10.4. The summed E-state index contributed by atoms with van der Waals surface area (Å²) in [5, 5.41) is 8.41. The summed E-state index contributed by atoms with van der Waals surface area (Å²) in [5.74, 6) is -0.659. The molecule has 0 amide bonds. The fourth-order valence-corrected chi connectivity index (χ4v) is 1.59. The van der Waals surface area contributed by atoms with Gasteiger partial charge in [0.2, 0.25) is 0 Å². The van der Waals surface area contributed by atoms with Crippen LogP contribution < -0.4 is 6.15 Å². The molecule has 92 valence electrons. The molecular weight excluding hydrogens is 190 g/mol. The van der Waals surface area contributed by atoms with Crippen LogP contribution >= 0.6 is 0 Å². The van der Waals surface area contributed by atoms with Gasteiger partial charge in [-0.05, 0) is 6.42 Å². The summed E-state index contributed by atoms with van der Waals surface area (Å²) in [6, 6.07) is 0. The van der Waals surface area contributed by atoms with E-state index in [4.69, 9.17) is 5.11 Å². The van der Waals surface area contributed by atoms with Crippen molar-refractivity contribution in [1.82, 2.24) is 6.15 Å². The second-order valence-electron chi connectivity index (χ2n) is 3.97. The largest absolute Gasteiger partial charge is 0.481 e. The van der Waals surface area contributed by atoms with Gasteiger partial charge in [0.15, 0.2) is 0 Å². The molecule has 0 radical (unpaired) electrons. The minimum atomic E-state index is -0.659. The topological polar surface area (TPSA) is 73.8 Å². The van der Waals surface area contributed by atoms with Gasteiger partial charge >= 0.3 is 5.97 Å². The van der Waals surface area contributed by atoms with Gasteiger partial charge in [-0.3, -0.25) is 4.79 Å². The second kappa shape index (κ2) is 13.4. The van der Waals surface area contributed by atoms with Crippen molar-refractivity contribution in [3.05, 3.63) is 0 Å². The molecule has 5 N–H and O–H groups in total. The highest BCUT2D eigenvalue weighted by Crippen LogP contribution is 2.10. The number of quaternary nitrogens is 1. The van der Waals surface area contributed by atoms with E-state index in [-0.39, 0.29) is 6.15 Å². The van der Waals surface area contributed by atoms with Crippen molar-refractivity contribution in [2.45, 2.75) is 71.1 Å². The third-order valence-electron chi connectivity index (χ3n) is 2.49. The summed E-state index contributed by atoms with van der Waals surface area (Å²) >= 11 is 0. The van der Waals surface area contributed by atoms with E-state index in [9.17, 15) is 4.79 Å². The second-order valence-corrected chi connectivity index (χ2v) is 3.97. The van der Waals surface area contributed by atoms with Gasteiger partial charge in [-0.25, -0.2) is 0 Å². The Morgan fingerprint density at radius 2 is 1.27 bits per heavy atom. The molecule has 0 aromatic carbocycles. The van der Waals surface area contributed by atoms with E-state index in [1.54, 1.807) is 0 Å². The zero-order chi connectivity index (χ0) is 10.6. The van der Waals surface area contributed by atoms with E-state index < -0.39 is 5.97 Å². The molecule has 0 aromatic heterocycles. The number of hydrogen-bond acceptors (Lipinski definition) is 1. The highest BCUT2D eigenvalue weighted by Gasteiger charge is 1.96. The Bertz CT molecular complexity index is 138. The summed E-state index contributed by atoms with van der Waals surface area (Å²) in [7, 11) is 0. The third kappa shape index (κ3) is 16.1. The van der Waals surface area contributed by atoms with Crippen molar-refractivity contribution in [1.29, 1.82) is 0 Å². The normalized spacial score (nSPS) is 9.67. The highest BCUT2D eigenvalue weighted by molar-refractivity contribution is 5.66. The fraction of sp³-hybridized carbons (Fsp3) is 0.917. The molecule has 0 spiro atoms. The lowest BCUT2D eigenvalue weighted by Crippen LogP contribution is -1.93. The molecule has 3 heteroatoms. The number of hydrogen-bond donors (Lipinski definition) is 2. The summed E-state index contributed by atoms with van der Waals surface area (Å²) < 4.78 is 0. The van der Waals surface area contributed by atoms with Crippen molar-refractivity contribution in [3.63, 3.8) is 0 Å². The summed E-state index contributed by atoms with van der Waals surface area (Å²) in [5.41, 5.74) is 0. The van der Waals surface area contributed by atoms with E-state index in [0.29, 0.717) is 6.42 Å². The number of carbonyl (C=O) groups is 1. The Balaban J connectivity index is 0. The molecule has 0 saturated heterocycles. The van der Waals surface area contributed by atoms with Gasteiger partial charge in [0.1, 0.15) is 0 Å². The van der Waals surface area contributed by atoms with Gasteiger partial charge < -0.3 is 11.3 Å². The van der Waals surface area contributed by atoms with Gasteiger partial charge in [-0.15, -0.1) is 0 Å². The first-order chi connectivity index (χ1) is 6.77. The van der Waals surface area contributed by atoms with Crippen LogP contribution in [0.15, 0.2) is 0 Å². The van der Waals surface area contributed by atoms with Gasteiger partial charge in [-0.2, -0.15) is 0 Å². The van der Waals surface area contributed by atoms with Gasteiger partial charge in [0.05, 0.1) is 0 Å². The molecule has 0 heterocycles. The first kappa shape index (κ1) is 16.8. The summed E-state index contributed by atoms with van der Waals surface area (Å²) in [4.78, 5) is 10.2. The number of carboxylic acids is 1. The Labute approximate surface area is 93.8 Å². The van der Waals surface area contributed by atoms with Gasteiger partial charge in [0, 0.05) is 6.42 Å². The van der Waals surface area contributed by atoms with Crippen LogP contribution in [0.3, 0.4) is 0 Å². The van der Waals surface area contributed by atoms with Crippen LogP contribution in [0.5, 0.6) is 0 Å². The molecule has 0 rings (SSSR count). The number of carboxylic acid groups (broad SMARTS) is 1. The van der Waals surface area contributed by atoms with Crippen LogP contribution in [-0.4, -0.2) is 11.1 Å². The van der Waals surface area contributed by atoms with E-state index in [2.05, 4.69) is 6.92 Å². The molecule has 0 aromatic rings. The standard InChI is InChI=1S/C12H24O2.H3N/c1-2-3-4-5-6-7-8-9-10-11-12(13)14;/h2-11H2,1H3,(H,13,14);1H3/p+1. The van der Waals surface area contributed by atoms with Crippen molar-refractivity contribution >= 4 is 5.97 Å². The van der Waals surface area contributed by atoms with Crippen LogP contribution in [0, 0.1) is 0 Å². The van der Waals surface area contributed by atoms with Gasteiger partial charge in [0.25, 0.3) is 0 Å². The molecule has 0 bridgehead atoms. The SMILES string of the molecule is CCCCCCCCCCCC(=O)O.[NH4+]. The zero-order valence-corrected chi connectivity index (χ0v) is 10.4. The van der Waals surface area contributed by atoms with Crippen LogP contribution in [0.4, 0.5) is 0 Å². The predicted octanol–water partition coefficient (Wildman–Crippen LogP) is 4.37. The molecular formula is C12H28NO2+. The maximum atomic E-state index is 10.2. The molecule has 0 aliphatic heterocycles. The van der Waals surface area contributed by atoms with E-state index >= 15 is 0 Å². The lowest BCUT2D eigenvalue weighted by atomic mass is 10.1. The summed E-state index contributed by atoms with van der Waals surface area (Å²) in [6.07, 6.45) is 11.5. The first-order valence-corrected chi connectivity index (χ1v) is 5.99. The molecule has 0 aliphatic carbocycles. The minimum Gasteiger partial charge on any atom is -0.481 e. The summed E-state index contributed by atoms with van der Waals surface area (Å²) in [6.45, 7) is 2.23. The molecule has 0 unspecified atom stereocenters. The van der Waals surface area contributed by atoms with E-state index in [1.165, 1.54) is 44.9 Å². The van der Waals surface area contributed by atoms with Crippen molar-refractivity contribution in [2.75, 3.05) is 0 Å². The lowest BCUT2D eigenvalue weighted by Gasteiger charge is -2.00.